The molecule has 0 atom stereocenters. The van der Waals surface area contributed by atoms with Crippen LogP contribution in [0.1, 0.15) is 41.5 Å². The molecule has 0 radical (unpaired) electrons. The van der Waals surface area contributed by atoms with Gasteiger partial charge in [-0.25, -0.2) is 0 Å². The van der Waals surface area contributed by atoms with Crippen LogP contribution in [0.15, 0.2) is 12.2 Å². The van der Waals surface area contributed by atoms with Gasteiger partial charge < -0.3 is 8.85 Å². The van der Waals surface area contributed by atoms with Gasteiger partial charge in [-0.1, -0.05) is 48.1 Å². The molecule has 0 heterocycles. The van der Waals surface area contributed by atoms with E-state index in [4.69, 9.17) is 8.85 Å². The lowest BCUT2D eigenvalue weighted by Gasteiger charge is -2.38. The molecule has 0 aliphatic carbocycles. The van der Waals surface area contributed by atoms with E-state index in [0.717, 1.165) is 5.57 Å². The Bertz CT molecular complexity index is 301. The van der Waals surface area contributed by atoms with E-state index in [1.165, 1.54) is 0 Å². The molecule has 0 amide bonds. The normalized spacial score (nSPS) is 14.5. The van der Waals surface area contributed by atoms with E-state index >= 15 is 0 Å². The number of hydrogen-bond donors (Lipinski definition) is 0. The third-order valence-corrected chi connectivity index (χ3v) is 13.8. The van der Waals surface area contributed by atoms with Gasteiger partial charge in [0.1, 0.15) is 0 Å². The van der Waals surface area contributed by atoms with Crippen LogP contribution in [0.2, 0.25) is 36.3 Å². The minimum Gasteiger partial charge on any atom is -0.413 e. The molecule has 0 aliphatic heterocycles. The molecule has 0 rings (SSSR count). The third-order valence-electron chi connectivity index (χ3n) is 4.89. The molecule has 0 aliphatic rings. The Morgan fingerprint density at radius 3 is 1.20 bits per heavy atom. The monoisotopic (exact) mass is 316 g/mol. The first-order valence-electron chi connectivity index (χ1n) is 7.55. The molecule has 0 saturated carbocycles. The van der Waals surface area contributed by atoms with Crippen molar-refractivity contribution in [2.24, 2.45) is 0 Å². The zero-order chi connectivity index (χ0) is 16.4. The minimum atomic E-state index is -1.68. The molecule has 4 heteroatoms. The van der Waals surface area contributed by atoms with Crippen molar-refractivity contribution in [3.63, 3.8) is 0 Å². The van der Waals surface area contributed by atoms with Crippen molar-refractivity contribution < 1.29 is 8.85 Å². The smallest absolute Gasteiger partial charge is 0.192 e. The second-order valence-corrected chi connectivity index (χ2v) is 18.5. The molecule has 2 nitrogen and oxygen atoms in total. The molecule has 0 bridgehead atoms. The topological polar surface area (TPSA) is 18.5 Å². The fraction of sp³-hybridized carbons (Fsp3) is 0.875. The van der Waals surface area contributed by atoms with E-state index < -0.39 is 16.6 Å². The van der Waals surface area contributed by atoms with Crippen molar-refractivity contribution in [1.29, 1.82) is 0 Å². The summed E-state index contributed by atoms with van der Waals surface area (Å²) in [6, 6.07) is 0. The molecule has 0 spiro atoms. The average Bonchev–Trinajstić information content (AvgIpc) is 2.20. The Morgan fingerprint density at radius 2 is 1.00 bits per heavy atom. The zero-order valence-corrected chi connectivity index (χ0v) is 17.4. The van der Waals surface area contributed by atoms with Crippen molar-refractivity contribution >= 4 is 16.6 Å². The predicted octanol–water partition coefficient (Wildman–Crippen LogP) is 5.59. The molecule has 0 fully saturated rings. The van der Waals surface area contributed by atoms with Crippen molar-refractivity contribution in [3.05, 3.63) is 12.2 Å². The van der Waals surface area contributed by atoms with Gasteiger partial charge in [0.2, 0.25) is 0 Å². The van der Waals surface area contributed by atoms with Crippen LogP contribution in [0.25, 0.3) is 0 Å². The molecule has 0 aromatic rings. The first-order valence-corrected chi connectivity index (χ1v) is 13.4. The van der Waals surface area contributed by atoms with Gasteiger partial charge in [0, 0.05) is 0 Å². The van der Waals surface area contributed by atoms with Gasteiger partial charge in [-0.2, -0.15) is 0 Å². The summed E-state index contributed by atoms with van der Waals surface area (Å²) in [7, 11) is -3.37. The summed E-state index contributed by atoms with van der Waals surface area (Å²) in [6.45, 7) is 28.0. The second kappa shape index (κ2) is 6.47. The molecule has 20 heavy (non-hydrogen) atoms. The summed E-state index contributed by atoms with van der Waals surface area (Å²) in [4.78, 5) is 0. The standard InChI is InChI=1S/C16H36O2Si2/c1-14(12-17-19(8,9)15(2,3)4)13-18-20(10,11)16(5,6)7/h1,12-13H2,2-11H3. The summed E-state index contributed by atoms with van der Waals surface area (Å²) in [5, 5.41) is 0.487. The molecule has 0 unspecified atom stereocenters. The van der Waals surface area contributed by atoms with Crippen LogP contribution >= 0.6 is 0 Å². The number of hydrogen-bond acceptors (Lipinski definition) is 2. The highest BCUT2D eigenvalue weighted by Gasteiger charge is 2.38. The SMILES string of the molecule is C=C(CO[Si](C)(C)C(C)(C)C)CO[Si](C)(C)C(C)(C)C. The summed E-state index contributed by atoms with van der Waals surface area (Å²) >= 11 is 0. The Balaban J connectivity index is 4.35. The average molecular weight is 317 g/mol. The lowest BCUT2D eigenvalue weighted by molar-refractivity contribution is 0.272. The Kier molecular flexibility index (Phi) is 6.50. The van der Waals surface area contributed by atoms with Crippen molar-refractivity contribution in [2.75, 3.05) is 13.2 Å². The van der Waals surface area contributed by atoms with E-state index in [-0.39, 0.29) is 10.1 Å². The Morgan fingerprint density at radius 1 is 0.750 bits per heavy atom. The highest BCUT2D eigenvalue weighted by atomic mass is 28.4. The van der Waals surface area contributed by atoms with Gasteiger partial charge >= 0.3 is 0 Å². The van der Waals surface area contributed by atoms with Crippen molar-refractivity contribution in [1.82, 2.24) is 0 Å². The minimum absolute atomic E-state index is 0.244. The molecular weight excluding hydrogens is 280 g/mol. The van der Waals surface area contributed by atoms with Gasteiger partial charge in [0.15, 0.2) is 16.6 Å². The lowest BCUT2D eigenvalue weighted by atomic mass is 10.2. The first kappa shape index (κ1) is 20.1. The van der Waals surface area contributed by atoms with E-state index in [1.54, 1.807) is 0 Å². The van der Waals surface area contributed by atoms with Crippen LogP contribution in [0.5, 0.6) is 0 Å². The van der Waals surface area contributed by atoms with Crippen LogP contribution < -0.4 is 0 Å². The highest BCUT2D eigenvalue weighted by molar-refractivity contribution is 6.74. The summed E-state index contributed by atoms with van der Waals surface area (Å²) < 4.78 is 12.4. The second-order valence-electron chi connectivity index (χ2n) is 8.85. The molecule has 0 aromatic carbocycles. The lowest BCUT2D eigenvalue weighted by Crippen LogP contribution is -2.43. The maximum atomic E-state index is 6.18. The first-order chi connectivity index (χ1) is 8.60. The van der Waals surface area contributed by atoms with Crippen molar-refractivity contribution in [2.45, 2.75) is 77.8 Å². The molecule has 0 aromatic heterocycles. The largest absolute Gasteiger partial charge is 0.413 e. The van der Waals surface area contributed by atoms with E-state index in [1.807, 2.05) is 0 Å². The quantitative estimate of drug-likeness (QED) is 0.470. The van der Waals surface area contributed by atoms with Gasteiger partial charge in [0.25, 0.3) is 0 Å². The Hall–Kier alpha value is 0.0938. The Labute approximate surface area is 129 Å². The van der Waals surface area contributed by atoms with Gasteiger partial charge in [-0.15, -0.1) is 0 Å². The van der Waals surface area contributed by atoms with Gasteiger partial charge in [-0.05, 0) is 41.8 Å². The molecule has 0 N–H and O–H groups in total. The fourth-order valence-electron chi connectivity index (χ4n) is 1.04. The zero-order valence-electron chi connectivity index (χ0n) is 15.4. The molecular formula is C16H36O2Si2. The van der Waals surface area contributed by atoms with E-state index in [0.29, 0.717) is 13.2 Å². The summed E-state index contributed by atoms with van der Waals surface area (Å²) in [6.07, 6.45) is 0. The van der Waals surface area contributed by atoms with Gasteiger partial charge in [0.05, 0.1) is 13.2 Å². The molecule has 0 saturated heterocycles. The fourth-order valence-corrected chi connectivity index (χ4v) is 3.04. The van der Waals surface area contributed by atoms with Crippen molar-refractivity contribution in [3.8, 4) is 0 Å². The number of rotatable bonds is 6. The van der Waals surface area contributed by atoms with Crippen LogP contribution in [-0.2, 0) is 8.85 Å². The third kappa shape index (κ3) is 5.84. The van der Waals surface area contributed by atoms with Crippen LogP contribution in [0, 0.1) is 0 Å². The van der Waals surface area contributed by atoms with Crippen LogP contribution in [-0.4, -0.2) is 29.8 Å². The van der Waals surface area contributed by atoms with Crippen LogP contribution in [0.4, 0.5) is 0 Å². The van der Waals surface area contributed by atoms with Gasteiger partial charge in [-0.3, -0.25) is 0 Å². The maximum absolute atomic E-state index is 6.18. The highest BCUT2D eigenvalue weighted by Crippen LogP contribution is 2.38. The molecule has 120 valence electrons. The summed E-state index contributed by atoms with van der Waals surface area (Å²) in [5.74, 6) is 0. The van der Waals surface area contributed by atoms with Crippen LogP contribution in [0.3, 0.4) is 0 Å². The van der Waals surface area contributed by atoms with E-state index in [2.05, 4.69) is 74.3 Å². The summed E-state index contributed by atoms with van der Waals surface area (Å²) in [5.41, 5.74) is 1.06. The predicted molar refractivity (Wildman–Crippen MR) is 95.4 cm³/mol. The van der Waals surface area contributed by atoms with E-state index in [9.17, 15) is 0 Å². The maximum Gasteiger partial charge on any atom is 0.192 e.